The van der Waals surface area contributed by atoms with E-state index in [1.165, 1.54) is 12.3 Å². The summed E-state index contributed by atoms with van der Waals surface area (Å²) in [5, 5.41) is 6.02. The van der Waals surface area contributed by atoms with Gasteiger partial charge in [0.2, 0.25) is 5.88 Å². The quantitative estimate of drug-likeness (QED) is 0.249. The summed E-state index contributed by atoms with van der Waals surface area (Å²) in [6, 6.07) is 2.16. The molecular weight excluding hydrogens is 452 g/mol. The van der Waals surface area contributed by atoms with Gasteiger partial charge in [0, 0.05) is 33.0 Å². The van der Waals surface area contributed by atoms with Gasteiger partial charge in [0.15, 0.2) is 5.96 Å². The number of aliphatic imine (C=N–C) groups is 1. The Bertz CT molecular complexity index is 516. The molecule has 25 heavy (non-hydrogen) atoms. The van der Waals surface area contributed by atoms with Crippen LogP contribution in [0.25, 0.3) is 0 Å². The number of alkyl halides is 3. The van der Waals surface area contributed by atoms with E-state index in [-0.39, 0.29) is 30.6 Å². The molecule has 0 saturated carbocycles. The Labute approximate surface area is 162 Å². The van der Waals surface area contributed by atoms with Gasteiger partial charge in [0.25, 0.3) is 0 Å². The third kappa shape index (κ3) is 9.68. The van der Waals surface area contributed by atoms with Crippen LogP contribution in [0, 0.1) is 0 Å². The molecule has 0 fully saturated rings. The molecule has 0 aromatic carbocycles. The number of rotatable bonds is 9. The molecular formula is C15H24F3IN4O2. The number of hydrogen-bond donors (Lipinski definition) is 2. The first-order valence-corrected chi connectivity index (χ1v) is 7.66. The number of nitrogens with zero attached hydrogens (tertiary/aromatic N) is 2. The highest BCUT2D eigenvalue weighted by Crippen LogP contribution is 2.34. The molecule has 6 nitrogen and oxygen atoms in total. The maximum atomic E-state index is 12.8. The molecule has 0 spiro atoms. The molecule has 10 heteroatoms. The first kappa shape index (κ1) is 23.7. The van der Waals surface area contributed by atoms with Gasteiger partial charge in [-0.3, -0.25) is 4.99 Å². The van der Waals surface area contributed by atoms with Crippen LogP contribution in [-0.4, -0.2) is 50.9 Å². The summed E-state index contributed by atoms with van der Waals surface area (Å²) in [6.45, 7) is 4.26. The van der Waals surface area contributed by atoms with Gasteiger partial charge in [-0.1, -0.05) is 0 Å². The molecule has 0 aliphatic rings. The van der Waals surface area contributed by atoms with Crippen LogP contribution in [0.5, 0.6) is 5.88 Å². The fraction of sp³-hybridized carbons (Fsp3) is 0.600. The lowest BCUT2D eigenvalue weighted by atomic mass is 10.2. The topological polar surface area (TPSA) is 67.8 Å². The second kappa shape index (κ2) is 13.0. The van der Waals surface area contributed by atoms with Crippen molar-refractivity contribution in [2.45, 2.75) is 19.5 Å². The van der Waals surface area contributed by atoms with Crippen molar-refractivity contribution >= 4 is 29.9 Å². The van der Waals surface area contributed by atoms with E-state index in [1.807, 2.05) is 6.92 Å². The zero-order valence-electron chi connectivity index (χ0n) is 14.2. The largest absolute Gasteiger partial charge is 0.475 e. The van der Waals surface area contributed by atoms with Gasteiger partial charge in [-0.05, 0) is 25.5 Å². The number of guanidine groups is 1. The second-order valence-electron chi connectivity index (χ2n) is 4.68. The molecule has 0 amide bonds. The van der Waals surface area contributed by atoms with Crippen molar-refractivity contribution in [2.24, 2.45) is 4.99 Å². The zero-order valence-corrected chi connectivity index (χ0v) is 16.6. The Balaban J connectivity index is 0.00000576. The second-order valence-corrected chi connectivity index (χ2v) is 4.68. The molecule has 0 unspecified atom stereocenters. The zero-order chi connectivity index (χ0) is 17.8. The molecule has 0 atom stereocenters. The minimum atomic E-state index is -4.49. The van der Waals surface area contributed by atoms with Crippen LogP contribution in [0.2, 0.25) is 0 Å². The fourth-order valence-electron chi connectivity index (χ4n) is 1.78. The van der Waals surface area contributed by atoms with Crippen molar-refractivity contribution in [3.63, 3.8) is 0 Å². The maximum absolute atomic E-state index is 12.8. The predicted octanol–water partition coefficient (Wildman–Crippen LogP) is 2.69. The Morgan fingerprint density at radius 1 is 1.24 bits per heavy atom. The summed E-state index contributed by atoms with van der Waals surface area (Å²) in [6.07, 6.45) is -2.40. The van der Waals surface area contributed by atoms with Gasteiger partial charge in [-0.2, -0.15) is 13.2 Å². The van der Waals surface area contributed by atoms with Crippen molar-refractivity contribution in [1.29, 1.82) is 0 Å². The van der Waals surface area contributed by atoms with Gasteiger partial charge >= 0.3 is 6.18 Å². The minimum absolute atomic E-state index is 0. The summed E-state index contributed by atoms with van der Waals surface area (Å²) in [5.41, 5.74) is -0.886. The average Bonchev–Trinajstić information content (AvgIpc) is 2.56. The first-order chi connectivity index (χ1) is 11.5. The number of halogens is 4. The standard InChI is InChI=1S/C15H23F3N4O2.HI/c1-3-23-10-5-8-21-14(19-2)22-9-11-24-13-12(15(16,17)18)6-4-7-20-13;/h4,6-7H,3,5,8-11H2,1-2H3,(H2,19,21,22);1H. The molecule has 0 bridgehead atoms. The van der Waals surface area contributed by atoms with Crippen molar-refractivity contribution in [3.8, 4) is 5.88 Å². The van der Waals surface area contributed by atoms with Gasteiger partial charge < -0.3 is 20.1 Å². The number of aromatic nitrogens is 1. The lowest BCUT2D eigenvalue weighted by molar-refractivity contribution is -0.139. The van der Waals surface area contributed by atoms with Crippen LogP contribution in [0.1, 0.15) is 18.9 Å². The van der Waals surface area contributed by atoms with Gasteiger partial charge in [-0.15, -0.1) is 24.0 Å². The smallest absolute Gasteiger partial charge is 0.421 e. The summed E-state index contributed by atoms with van der Waals surface area (Å²) in [4.78, 5) is 7.64. The molecule has 0 aliphatic carbocycles. The molecule has 0 radical (unpaired) electrons. The van der Waals surface area contributed by atoms with Gasteiger partial charge in [0.1, 0.15) is 12.2 Å². The Kier molecular flexibility index (Phi) is 12.3. The summed E-state index contributed by atoms with van der Waals surface area (Å²) in [5.74, 6) is 0.124. The molecule has 1 aromatic heterocycles. The number of nitrogens with one attached hydrogen (secondary N) is 2. The predicted molar refractivity (Wildman–Crippen MR) is 101 cm³/mol. The molecule has 2 N–H and O–H groups in total. The van der Waals surface area contributed by atoms with Crippen molar-refractivity contribution in [1.82, 2.24) is 15.6 Å². The van der Waals surface area contributed by atoms with Gasteiger partial charge in [0.05, 0.1) is 6.54 Å². The van der Waals surface area contributed by atoms with Crippen molar-refractivity contribution in [2.75, 3.05) is 40.0 Å². The summed E-state index contributed by atoms with van der Waals surface area (Å²) < 4.78 is 48.7. The molecule has 0 saturated heterocycles. The van der Waals surface area contributed by atoms with E-state index >= 15 is 0 Å². The molecule has 144 valence electrons. The van der Waals surface area contributed by atoms with Crippen LogP contribution < -0.4 is 15.4 Å². The van der Waals surface area contributed by atoms with E-state index in [0.717, 1.165) is 12.5 Å². The number of hydrogen-bond acceptors (Lipinski definition) is 4. The Hall–Kier alpha value is -1.30. The normalized spacial score (nSPS) is 11.6. The van der Waals surface area contributed by atoms with Crippen molar-refractivity contribution < 1.29 is 22.6 Å². The summed E-state index contributed by atoms with van der Waals surface area (Å²) >= 11 is 0. The minimum Gasteiger partial charge on any atom is -0.475 e. The van der Waals surface area contributed by atoms with Crippen LogP contribution >= 0.6 is 24.0 Å². The van der Waals surface area contributed by atoms with E-state index in [9.17, 15) is 13.2 Å². The summed E-state index contributed by atoms with van der Waals surface area (Å²) in [7, 11) is 1.61. The molecule has 1 heterocycles. The highest BCUT2D eigenvalue weighted by Gasteiger charge is 2.34. The Morgan fingerprint density at radius 2 is 1.96 bits per heavy atom. The van der Waals surface area contributed by atoms with Crippen LogP contribution in [0.3, 0.4) is 0 Å². The lowest BCUT2D eigenvalue weighted by Crippen LogP contribution is -2.40. The van der Waals surface area contributed by atoms with E-state index in [1.54, 1.807) is 7.05 Å². The van der Waals surface area contributed by atoms with Crippen LogP contribution in [0.4, 0.5) is 13.2 Å². The monoisotopic (exact) mass is 476 g/mol. The highest BCUT2D eigenvalue weighted by molar-refractivity contribution is 14.0. The molecule has 1 aromatic rings. The SMILES string of the molecule is CCOCCCNC(=NC)NCCOc1ncccc1C(F)(F)F.I. The lowest BCUT2D eigenvalue weighted by Gasteiger charge is -2.14. The van der Waals surface area contributed by atoms with Crippen LogP contribution in [-0.2, 0) is 10.9 Å². The molecule has 1 rings (SSSR count). The number of pyridine rings is 1. The van der Waals surface area contributed by atoms with Crippen molar-refractivity contribution in [3.05, 3.63) is 23.9 Å². The maximum Gasteiger partial charge on any atom is 0.421 e. The molecule has 0 aliphatic heterocycles. The Morgan fingerprint density at radius 3 is 2.60 bits per heavy atom. The first-order valence-electron chi connectivity index (χ1n) is 7.66. The average molecular weight is 476 g/mol. The van der Waals surface area contributed by atoms with E-state index in [4.69, 9.17) is 9.47 Å². The third-order valence-electron chi connectivity index (χ3n) is 2.90. The number of ether oxygens (including phenoxy) is 2. The van der Waals surface area contributed by atoms with Crippen LogP contribution in [0.15, 0.2) is 23.3 Å². The third-order valence-corrected chi connectivity index (χ3v) is 2.90. The van der Waals surface area contributed by atoms with Gasteiger partial charge in [-0.25, -0.2) is 4.98 Å². The fourth-order valence-corrected chi connectivity index (χ4v) is 1.78. The van der Waals surface area contributed by atoms with E-state index < -0.39 is 17.6 Å². The van der Waals surface area contributed by atoms with E-state index in [2.05, 4.69) is 20.6 Å². The van der Waals surface area contributed by atoms with E-state index in [0.29, 0.717) is 32.3 Å². The highest BCUT2D eigenvalue weighted by atomic mass is 127.